The van der Waals surface area contributed by atoms with Crippen LogP contribution in [0.15, 0.2) is 53.7 Å². The maximum atomic E-state index is 13.5. The average molecular weight is 468 g/mol. The summed E-state index contributed by atoms with van der Waals surface area (Å²) < 4.78 is 26.0. The number of carbonyl (C=O) groups is 1. The first-order valence-electron chi connectivity index (χ1n) is 10.8. The van der Waals surface area contributed by atoms with Crippen molar-refractivity contribution in [3.8, 4) is 11.5 Å². The molecule has 0 aliphatic carbocycles. The number of aromatic nitrogens is 3. The number of aliphatic hydroxyl groups is 1. The molecule has 2 heterocycles. The molecular weight excluding hydrogens is 441 g/mol. The molecule has 1 atom stereocenters. The number of aryl methyl sites for hydroxylation is 1. The Labute approximate surface area is 196 Å². The number of aliphatic hydroxyl groups excluding tert-OH is 1. The van der Waals surface area contributed by atoms with Gasteiger partial charge in [-0.25, -0.2) is 9.07 Å². The monoisotopic (exact) mass is 467 g/mol. The first-order valence-corrected chi connectivity index (χ1v) is 10.8. The number of hydrogen-bond acceptors (Lipinski definition) is 7. The molecule has 10 heteroatoms. The number of hydrogen-bond donors (Lipinski definition) is 3. The Bertz CT molecular complexity index is 1220. The Morgan fingerprint density at radius 2 is 1.97 bits per heavy atom. The predicted molar refractivity (Wildman–Crippen MR) is 124 cm³/mol. The lowest BCUT2D eigenvalue weighted by molar-refractivity contribution is -0.113. The van der Waals surface area contributed by atoms with Crippen LogP contribution in [0.4, 0.5) is 16.0 Å². The smallest absolute Gasteiger partial charge is 0.255 e. The van der Waals surface area contributed by atoms with Crippen molar-refractivity contribution < 1.29 is 23.8 Å². The fourth-order valence-corrected chi connectivity index (χ4v) is 3.90. The Morgan fingerprint density at radius 1 is 1.21 bits per heavy atom. The molecule has 34 heavy (non-hydrogen) atoms. The van der Waals surface area contributed by atoms with E-state index in [9.17, 15) is 14.3 Å². The summed E-state index contributed by atoms with van der Waals surface area (Å²) >= 11 is 0. The Morgan fingerprint density at radius 3 is 2.65 bits per heavy atom. The van der Waals surface area contributed by atoms with E-state index in [4.69, 9.17) is 9.47 Å². The highest BCUT2D eigenvalue weighted by Crippen LogP contribution is 2.41. The average Bonchev–Trinajstić information content (AvgIpc) is 3.25. The summed E-state index contributed by atoms with van der Waals surface area (Å²) in [6.45, 7) is 1.80. The van der Waals surface area contributed by atoms with E-state index in [-0.39, 0.29) is 12.5 Å². The van der Waals surface area contributed by atoms with Crippen molar-refractivity contribution in [3.05, 3.63) is 70.9 Å². The van der Waals surface area contributed by atoms with Gasteiger partial charge in [0.05, 0.1) is 19.8 Å². The third-order valence-electron chi connectivity index (χ3n) is 5.53. The Balaban J connectivity index is 1.82. The maximum Gasteiger partial charge on any atom is 0.255 e. The maximum absolute atomic E-state index is 13.5. The third-order valence-corrected chi connectivity index (χ3v) is 5.53. The molecule has 0 bridgehead atoms. The third kappa shape index (κ3) is 4.58. The number of rotatable bonds is 8. The van der Waals surface area contributed by atoms with Crippen LogP contribution in [0.25, 0.3) is 0 Å². The fraction of sp³-hybridized carbons (Fsp3) is 0.292. The van der Waals surface area contributed by atoms with Gasteiger partial charge in [-0.1, -0.05) is 0 Å². The molecule has 0 fully saturated rings. The number of ether oxygens (including phenoxy) is 2. The highest BCUT2D eigenvalue weighted by atomic mass is 19.1. The van der Waals surface area contributed by atoms with E-state index in [2.05, 4.69) is 20.7 Å². The van der Waals surface area contributed by atoms with Crippen molar-refractivity contribution in [3.63, 3.8) is 0 Å². The number of fused-ring (bicyclic) bond motifs is 1. The van der Waals surface area contributed by atoms with Gasteiger partial charge < -0.3 is 25.2 Å². The summed E-state index contributed by atoms with van der Waals surface area (Å²) in [6, 6.07) is 10.2. The van der Waals surface area contributed by atoms with Crippen LogP contribution in [0, 0.1) is 5.82 Å². The lowest BCUT2D eigenvalue weighted by atomic mass is 9.94. The SMILES string of the molecule is COc1ccc(OC)c([C@H]2C(C(=O)Nc3ccc(F)cc3)=C(C)Nc3nc(CCCO)nn32)c1. The fourth-order valence-electron chi connectivity index (χ4n) is 3.90. The number of nitrogens with one attached hydrogen (secondary N) is 2. The van der Waals surface area contributed by atoms with E-state index in [1.807, 2.05) is 0 Å². The van der Waals surface area contributed by atoms with Crippen molar-refractivity contribution in [1.29, 1.82) is 0 Å². The van der Waals surface area contributed by atoms with E-state index < -0.39 is 11.9 Å². The highest BCUT2D eigenvalue weighted by molar-refractivity contribution is 6.06. The molecule has 0 unspecified atom stereocenters. The standard InChI is InChI=1S/C24H26FN5O4/c1-14-21(23(32)27-16-8-6-15(25)7-9-16)22(18-13-17(33-2)10-11-19(18)34-3)30-24(26-14)28-20(29-30)5-4-12-31/h6-11,13,22,31H,4-5,12H2,1-3H3,(H,27,32)(H,26,28,29)/t22-/m0/s1. The quantitative estimate of drug-likeness (QED) is 0.466. The van der Waals surface area contributed by atoms with Crippen LogP contribution in [0.1, 0.15) is 30.8 Å². The van der Waals surface area contributed by atoms with Crippen molar-refractivity contribution >= 4 is 17.5 Å². The summed E-state index contributed by atoms with van der Waals surface area (Å²) in [5.74, 6) is 1.37. The van der Waals surface area contributed by atoms with Gasteiger partial charge in [-0.15, -0.1) is 0 Å². The molecule has 9 nitrogen and oxygen atoms in total. The molecule has 1 amide bonds. The van der Waals surface area contributed by atoms with Crippen molar-refractivity contribution in [2.45, 2.75) is 25.8 Å². The lowest BCUT2D eigenvalue weighted by Crippen LogP contribution is -2.31. The number of carbonyl (C=O) groups excluding carboxylic acids is 1. The second-order valence-electron chi connectivity index (χ2n) is 7.76. The molecular formula is C24H26FN5O4. The molecule has 0 spiro atoms. The number of anilines is 2. The van der Waals surface area contributed by atoms with Gasteiger partial charge in [-0.05, 0) is 55.8 Å². The van der Waals surface area contributed by atoms with Gasteiger partial charge in [0.1, 0.15) is 23.4 Å². The van der Waals surface area contributed by atoms with Gasteiger partial charge in [0, 0.05) is 30.0 Å². The molecule has 0 radical (unpaired) electrons. The normalized spacial score (nSPS) is 14.9. The van der Waals surface area contributed by atoms with E-state index in [1.54, 1.807) is 44.0 Å². The lowest BCUT2D eigenvalue weighted by Gasteiger charge is -2.29. The van der Waals surface area contributed by atoms with E-state index >= 15 is 0 Å². The van der Waals surface area contributed by atoms with Crippen LogP contribution in [0.2, 0.25) is 0 Å². The molecule has 178 valence electrons. The van der Waals surface area contributed by atoms with Crippen LogP contribution in [-0.4, -0.2) is 46.6 Å². The molecule has 1 aliphatic heterocycles. The number of methoxy groups -OCH3 is 2. The van der Waals surface area contributed by atoms with Crippen molar-refractivity contribution in [1.82, 2.24) is 14.8 Å². The van der Waals surface area contributed by atoms with Gasteiger partial charge in [0.15, 0.2) is 5.82 Å². The van der Waals surface area contributed by atoms with Crippen LogP contribution < -0.4 is 20.1 Å². The minimum absolute atomic E-state index is 0.0209. The van der Waals surface area contributed by atoms with Gasteiger partial charge in [0.25, 0.3) is 5.91 Å². The van der Waals surface area contributed by atoms with Gasteiger partial charge in [-0.2, -0.15) is 10.1 Å². The molecule has 3 aromatic rings. The van der Waals surface area contributed by atoms with Crippen LogP contribution in [0.3, 0.4) is 0 Å². The summed E-state index contributed by atoms with van der Waals surface area (Å²) in [5, 5.41) is 19.8. The number of allylic oxidation sites excluding steroid dienone is 1. The first-order chi connectivity index (χ1) is 16.4. The van der Waals surface area contributed by atoms with Gasteiger partial charge >= 0.3 is 0 Å². The summed E-state index contributed by atoms with van der Waals surface area (Å²) in [7, 11) is 3.11. The molecule has 0 saturated carbocycles. The second-order valence-corrected chi connectivity index (χ2v) is 7.76. The summed E-state index contributed by atoms with van der Waals surface area (Å²) in [6.07, 6.45) is 0.997. The van der Waals surface area contributed by atoms with E-state index in [0.29, 0.717) is 58.6 Å². The summed E-state index contributed by atoms with van der Waals surface area (Å²) in [4.78, 5) is 18.1. The zero-order chi connectivity index (χ0) is 24.2. The Hall–Kier alpha value is -3.92. The molecule has 1 aliphatic rings. The minimum atomic E-state index is -0.683. The van der Waals surface area contributed by atoms with E-state index in [1.165, 1.54) is 24.3 Å². The largest absolute Gasteiger partial charge is 0.497 e. The molecule has 1 aromatic heterocycles. The molecule has 2 aromatic carbocycles. The molecule has 3 N–H and O–H groups in total. The zero-order valence-electron chi connectivity index (χ0n) is 19.1. The van der Waals surface area contributed by atoms with E-state index in [0.717, 1.165) is 0 Å². The number of amides is 1. The molecule has 0 saturated heterocycles. The van der Waals surface area contributed by atoms with Crippen LogP contribution in [-0.2, 0) is 11.2 Å². The number of benzene rings is 2. The number of halogens is 1. The Kier molecular flexibility index (Phi) is 6.78. The van der Waals surface area contributed by atoms with Crippen LogP contribution >= 0.6 is 0 Å². The van der Waals surface area contributed by atoms with Gasteiger partial charge in [0.2, 0.25) is 5.95 Å². The van der Waals surface area contributed by atoms with Gasteiger partial charge in [-0.3, -0.25) is 4.79 Å². The topological polar surface area (TPSA) is 111 Å². The minimum Gasteiger partial charge on any atom is -0.497 e. The highest BCUT2D eigenvalue weighted by Gasteiger charge is 2.36. The van der Waals surface area contributed by atoms with Crippen LogP contribution in [0.5, 0.6) is 11.5 Å². The number of nitrogens with zero attached hydrogens (tertiary/aromatic N) is 3. The van der Waals surface area contributed by atoms with Crippen molar-refractivity contribution in [2.24, 2.45) is 0 Å². The predicted octanol–water partition coefficient (Wildman–Crippen LogP) is 3.29. The van der Waals surface area contributed by atoms with Crippen molar-refractivity contribution in [2.75, 3.05) is 31.5 Å². The molecule has 4 rings (SSSR count). The second kappa shape index (κ2) is 9.92. The zero-order valence-corrected chi connectivity index (χ0v) is 19.1. The first kappa shape index (κ1) is 23.2. The summed E-state index contributed by atoms with van der Waals surface area (Å²) in [5.41, 5.74) is 2.09.